The number of aromatic nitrogens is 2. The molecule has 0 atom stereocenters. The number of imidazole rings is 1. The van der Waals surface area contributed by atoms with Gasteiger partial charge in [0.05, 0.1) is 11.0 Å². The highest BCUT2D eigenvalue weighted by atomic mass is 16.2. The number of carbonyl (C=O) groups is 1. The van der Waals surface area contributed by atoms with E-state index in [4.69, 9.17) is 0 Å². The van der Waals surface area contributed by atoms with Gasteiger partial charge in [-0.2, -0.15) is 0 Å². The Bertz CT molecular complexity index is 858. The van der Waals surface area contributed by atoms with Crippen LogP contribution in [0.4, 0.5) is 0 Å². The summed E-state index contributed by atoms with van der Waals surface area (Å²) in [4.78, 5) is 22.3. The van der Waals surface area contributed by atoms with Gasteiger partial charge in [0.1, 0.15) is 5.82 Å². The lowest BCUT2D eigenvalue weighted by Crippen LogP contribution is -2.27. The van der Waals surface area contributed by atoms with Crippen LogP contribution in [0.2, 0.25) is 0 Å². The van der Waals surface area contributed by atoms with Crippen LogP contribution in [0.3, 0.4) is 0 Å². The number of hydrogen-bond donors (Lipinski definition) is 1. The number of hydrogen-bond acceptors (Lipinski definition) is 2. The molecule has 4 heteroatoms. The minimum Gasteiger partial charge on any atom is -0.339 e. The van der Waals surface area contributed by atoms with E-state index in [1.54, 1.807) is 0 Å². The standard InChI is InChI=1S/C19H19N3O/c1-13-4-9-16-17(12-13)21-18(20-16)14-5-7-15(8-6-14)19(23)22-10-2-3-11-22/h4-9,12H,2-3,10-11H2,1H3,(H,20,21). The van der Waals surface area contributed by atoms with Crippen molar-refractivity contribution in [2.45, 2.75) is 19.8 Å². The summed E-state index contributed by atoms with van der Waals surface area (Å²) in [7, 11) is 0. The van der Waals surface area contributed by atoms with Gasteiger partial charge in [0, 0.05) is 24.2 Å². The van der Waals surface area contributed by atoms with Crippen LogP contribution in [-0.4, -0.2) is 33.9 Å². The van der Waals surface area contributed by atoms with Crippen LogP contribution in [0.1, 0.15) is 28.8 Å². The predicted octanol–water partition coefficient (Wildman–Crippen LogP) is 3.77. The van der Waals surface area contributed by atoms with Gasteiger partial charge >= 0.3 is 0 Å². The number of fused-ring (bicyclic) bond motifs is 1. The second-order valence-electron chi connectivity index (χ2n) is 6.18. The molecule has 2 aromatic carbocycles. The molecule has 1 amide bonds. The Morgan fingerprint density at radius 3 is 2.57 bits per heavy atom. The zero-order valence-electron chi connectivity index (χ0n) is 13.2. The molecule has 0 aliphatic carbocycles. The normalized spacial score (nSPS) is 14.6. The minimum atomic E-state index is 0.134. The van der Waals surface area contributed by atoms with E-state index < -0.39 is 0 Å². The summed E-state index contributed by atoms with van der Waals surface area (Å²) in [5.74, 6) is 0.972. The maximum Gasteiger partial charge on any atom is 0.253 e. The van der Waals surface area contributed by atoms with Gasteiger partial charge in [0.15, 0.2) is 0 Å². The van der Waals surface area contributed by atoms with Crippen LogP contribution in [0.15, 0.2) is 42.5 Å². The summed E-state index contributed by atoms with van der Waals surface area (Å²) < 4.78 is 0. The van der Waals surface area contributed by atoms with E-state index in [9.17, 15) is 4.79 Å². The maximum atomic E-state index is 12.4. The van der Waals surface area contributed by atoms with E-state index in [-0.39, 0.29) is 5.91 Å². The molecule has 1 saturated heterocycles. The van der Waals surface area contributed by atoms with Crippen LogP contribution < -0.4 is 0 Å². The van der Waals surface area contributed by atoms with Gasteiger partial charge in [-0.25, -0.2) is 4.98 Å². The molecule has 4 nitrogen and oxygen atoms in total. The Morgan fingerprint density at radius 1 is 1.09 bits per heavy atom. The molecule has 116 valence electrons. The fraction of sp³-hybridized carbons (Fsp3) is 0.263. The third-order valence-corrected chi connectivity index (χ3v) is 4.44. The number of carbonyl (C=O) groups excluding carboxylic acids is 1. The van der Waals surface area contributed by atoms with Crippen molar-refractivity contribution in [2.24, 2.45) is 0 Å². The average Bonchev–Trinajstić information content (AvgIpc) is 3.23. The molecule has 0 radical (unpaired) electrons. The molecule has 1 aliphatic rings. The minimum absolute atomic E-state index is 0.134. The Morgan fingerprint density at radius 2 is 1.83 bits per heavy atom. The van der Waals surface area contributed by atoms with Crippen LogP contribution in [-0.2, 0) is 0 Å². The molecule has 3 aromatic rings. The Hall–Kier alpha value is -2.62. The summed E-state index contributed by atoms with van der Waals surface area (Å²) in [6.07, 6.45) is 2.23. The number of likely N-dealkylation sites (tertiary alicyclic amines) is 1. The SMILES string of the molecule is Cc1ccc2nc(-c3ccc(C(=O)N4CCCC4)cc3)[nH]c2c1. The van der Waals surface area contributed by atoms with Crippen molar-refractivity contribution in [3.05, 3.63) is 53.6 Å². The van der Waals surface area contributed by atoms with Crippen molar-refractivity contribution < 1.29 is 4.79 Å². The number of nitrogens with zero attached hydrogens (tertiary/aromatic N) is 2. The first-order chi connectivity index (χ1) is 11.2. The lowest BCUT2D eigenvalue weighted by molar-refractivity contribution is 0.0793. The maximum absolute atomic E-state index is 12.4. The molecule has 1 aliphatic heterocycles. The molecule has 0 spiro atoms. The van der Waals surface area contributed by atoms with Crippen LogP contribution >= 0.6 is 0 Å². The van der Waals surface area contributed by atoms with Crippen molar-refractivity contribution >= 4 is 16.9 Å². The van der Waals surface area contributed by atoms with Crippen molar-refractivity contribution in [3.63, 3.8) is 0 Å². The Labute approximate surface area is 135 Å². The van der Waals surface area contributed by atoms with E-state index in [0.717, 1.165) is 53.9 Å². The number of amides is 1. The summed E-state index contributed by atoms with van der Waals surface area (Å²) in [5, 5.41) is 0. The zero-order chi connectivity index (χ0) is 15.8. The zero-order valence-corrected chi connectivity index (χ0v) is 13.2. The van der Waals surface area contributed by atoms with Gasteiger partial charge in [-0.15, -0.1) is 0 Å². The molecule has 0 saturated carbocycles. The number of nitrogens with one attached hydrogen (secondary N) is 1. The van der Waals surface area contributed by atoms with Crippen LogP contribution in [0, 0.1) is 6.92 Å². The molecule has 4 rings (SSSR count). The molecule has 1 aromatic heterocycles. The topological polar surface area (TPSA) is 49.0 Å². The van der Waals surface area contributed by atoms with Gasteiger partial charge in [-0.05, 0) is 49.6 Å². The van der Waals surface area contributed by atoms with Gasteiger partial charge in [-0.1, -0.05) is 18.2 Å². The lowest BCUT2D eigenvalue weighted by Gasteiger charge is -2.15. The van der Waals surface area contributed by atoms with Crippen molar-refractivity contribution in [2.75, 3.05) is 13.1 Å². The number of benzene rings is 2. The molecule has 0 bridgehead atoms. The summed E-state index contributed by atoms with van der Waals surface area (Å²) in [6.45, 7) is 3.83. The van der Waals surface area contributed by atoms with E-state index in [1.165, 1.54) is 5.56 Å². The highest BCUT2D eigenvalue weighted by Gasteiger charge is 2.19. The third kappa shape index (κ3) is 2.61. The summed E-state index contributed by atoms with van der Waals surface area (Å²) in [6, 6.07) is 13.9. The Balaban J connectivity index is 1.62. The predicted molar refractivity (Wildman–Crippen MR) is 91.4 cm³/mol. The fourth-order valence-corrected chi connectivity index (χ4v) is 3.13. The summed E-state index contributed by atoms with van der Waals surface area (Å²) in [5.41, 5.74) is 4.96. The van der Waals surface area contributed by atoms with Crippen LogP contribution in [0.25, 0.3) is 22.4 Å². The quantitative estimate of drug-likeness (QED) is 0.783. The van der Waals surface area contributed by atoms with Crippen molar-refractivity contribution in [1.82, 2.24) is 14.9 Å². The van der Waals surface area contributed by atoms with Crippen LogP contribution in [0.5, 0.6) is 0 Å². The second kappa shape index (κ2) is 5.54. The monoisotopic (exact) mass is 305 g/mol. The third-order valence-electron chi connectivity index (χ3n) is 4.44. The molecule has 2 heterocycles. The number of rotatable bonds is 2. The lowest BCUT2D eigenvalue weighted by atomic mass is 10.1. The van der Waals surface area contributed by atoms with Gasteiger partial charge in [-0.3, -0.25) is 4.79 Å². The van der Waals surface area contributed by atoms with Gasteiger partial charge < -0.3 is 9.88 Å². The molecule has 0 unspecified atom stereocenters. The van der Waals surface area contributed by atoms with E-state index in [2.05, 4.69) is 29.0 Å². The molecule has 1 N–H and O–H groups in total. The van der Waals surface area contributed by atoms with Gasteiger partial charge in [0.2, 0.25) is 0 Å². The molecule has 1 fully saturated rings. The largest absolute Gasteiger partial charge is 0.339 e. The molecule has 23 heavy (non-hydrogen) atoms. The highest BCUT2D eigenvalue weighted by molar-refractivity contribution is 5.94. The number of aromatic amines is 1. The second-order valence-corrected chi connectivity index (χ2v) is 6.18. The van der Waals surface area contributed by atoms with E-state index >= 15 is 0 Å². The summed E-state index contributed by atoms with van der Waals surface area (Å²) >= 11 is 0. The first-order valence-corrected chi connectivity index (χ1v) is 8.07. The van der Waals surface area contributed by atoms with E-state index in [0.29, 0.717) is 0 Å². The Kier molecular flexibility index (Phi) is 3.37. The highest BCUT2D eigenvalue weighted by Crippen LogP contribution is 2.22. The first-order valence-electron chi connectivity index (χ1n) is 8.07. The first kappa shape index (κ1) is 14.0. The van der Waals surface area contributed by atoms with Gasteiger partial charge in [0.25, 0.3) is 5.91 Å². The average molecular weight is 305 g/mol. The molecular weight excluding hydrogens is 286 g/mol. The number of H-pyrrole nitrogens is 1. The molecular formula is C19H19N3O. The van der Waals surface area contributed by atoms with E-state index in [1.807, 2.05) is 35.2 Å². The van der Waals surface area contributed by atoms with Crippen molar-refractivity contribution in [1.29, 1.82) is 0 Å². The number of aryl methyl sites for hydroxylation is 1. The fourth-order valence-electron chi connectivity index (χ4n) is 3.13. The smallest absolute Gasteiger partial charge is 0.253 e. The van der Waals surface area contributed by atoms with Crippen molar-refractivity contribution in [3.8, 4) is 11.4 Å².